The average molecular weight is 196 g/mol. The molecule has 4 heteroatoms. The number of hydrogen-bond donors (Lipinski definition) is 2. The number of carbonyl (C=O) groups is 2. The number of rotatable bonds is 4. The Morgan fingerprint density at radius 2 is 2.21 bits per heavy atom. The van der Waals surface area contributed by atoms with Gasteiger partial charge in [-0.2, -0.15) is 0 Å². The predicted molar refractivity (Wildman–Crippen MR) is 53.4 cm³/mol. The number of amides is 1. The van der Waals surface area contributed by atoms with Gasteiger partial charge in [0.1, 0.15) is 0 Å². The van der Waals surface area contributed by atoms with E-state index in [9.17, 15) is 9.59 Å². The third kappa shape index (κ3) is 3.20. The number of allylic oxidation sites excluding steroid dienone is 2. The van der Waals surface area contributed by atoms with Crippen molar-refractivity contribution in [1.82, 2.24) is 5.32 Å². The zero-order valence-corrected chi connectivity index (χ0v) is 8.59. The number of carbonyl (C=O) groups excluding carboxylic acids is 2. The minimum absolute atomic E-state index is 0.141. The fourth-order valence-corrected chi connectivity index (χ4v) is 1.61. The van der Waals surface area contributed by atoms with E-state index < -0.39 is 0 Å². The summed E-state index contributed by atoms with van der Waals surface area (Å²) in [5.41, 5.74) is 5.65. The van der Waals surface area contributed by atoms with Crippen LogP contribution in [0.15, 0.2) is 11.8 Å². The molecule has 0 aromatic heterocycles. The van der Waals surface area contributed by atoms with Gasteiger partial charge in [0.05, 0.1) is 0 Å². The van der Waals surface area contributed by atoms with Crippen molar-refractivity contribution in [2.24, 2.45) is 5.73 Å². The molecule has 0 aliphatic heterocycles. The van der Waals surface area contributed by atoms with Crippen LogP contribution in [0.2, 0.25) is 0 Å². The van der Waals surface area contributed by atoms with E-state index in [1.54, 1.807) is 6.08 Å². The molecule has 0 heterocycles. The Labute approximate surface area is 83.5 Å². The van der Waals surface area contributed by atoms with Crippen molar-refractivity contribution in [3.63, 3.8) is 0 Å². The molecule has 0 radical (unpaired) electrons. The summed E-state index contributed by atoms with van der Waals surface area (Å²) in [4.78, 5) is 21.7. The summed E-state index contributed by atoms with van der Waals surface area (Å²) in [5, 5.41) is 3.16. The third-order valence-electron chi connectivity index (χ3n) is 2.09. The first-order valence-electron chi connectivity index (χ1n) is 4.69. The highest BCUT2D eigenvalue weighted by atomic mass is 16.1. The molecule has 1 aliphatic carbocycles. The van der Waals surface area contributed by atoms with Crippen LogP contribution in [0.3, 0.4) is 0 Å². The van der Waals surface area contributed by atoms with E-state index in [0.717, 1.165) is 12.1 Å². The molecule has 3 N–H and O–H groups in total. The summed E-state index contributed by atoms with van der Waals surface area (Å²) in [6.07, 6.45) is 3.16. The largest absolute Gasteiger partial charge is 0.383 e. The Bertz CT molecular complexity index is 292. The molecule has 0 saturated heterocycles. The molecule has 1 aliphatic rings. The van der Waals surface area contributed by atoms with Crippen LogP contribution in [0.25, 0.3) is 0 Å². The molecule has 0 saturated carbocycles. The molecule has 4 nitrogen and oxygen atoms in total. The van der Waals surface area contributed by atoms with Crippen LogP contribution in [0.1, 0.15) is 33.1 Å². The van der Waals surface area contributed by atoms with Crippen molar-refractivity contribution in [2.45, 2.75) is 38.6 Å². The number of hydrogen-bond acceptors (Lipinski definition) is 3. The normalized spacial score (nSPS) is 16.7. The molecule has 0 atom stereocenters. The highest BCUT2D eigenvalue weighted by Crippen LogP contribution is 2.17. The minimum atomic E-state index is -0.373. The first-order valence-corrected chi connectivity index (χ1v) is 4.69. The molecule has 0 aromatic carbocycles. The second-order valence-electron chi connectivity index (χ2n) is 4.29. The highest BCUT2D eigenvalue weighted by Gasteiger charge is 2.23. The first kappa shape index (κ1) is 10.8. The molecule has 0 fully saturated rings. The lowest BCUT2D eigenvalue weighted by Crippen LogP contribution is -2.41. The summed E-state index contributed by atoms with van der Waals surface area (Å²) in [6.45, 7) is 3.78. The fraction of sp³-hybridized carbons (Fsp3) is 0.600. The maximum Gasteiger partial charge on any atom is 0.219 e. The van der Waals surface area contributed by atoms with Crippen molar-refractivity contribution in [3.8, 4) is 0 Å². The van der Waals surface area contributed by atoms with E-state index >= 15 is 0 Å². The molecule has 1 amide bonds. The van der Waals surface area contributed by atoms with Gasteiger partial charge in [-0.05, 0) is 20.3 Å². The van der Waals surface area contributed by atoms with Gasteiger partial charge in [0, 0.05) is 30.2 Å². The lowest BCUT2D eigenvalue weighted by Gasteiger charge is -2.26. The third-order valence-corrected chi connectivity index (χ3v) is 2.09. The highest BCUT2D eigenvalue weighted by molar-refractivity contribution is 5.92. The van der Waals surface area contributed by atoms with Crippen molar-refractivity contribution in [1.29, 1.82) is 0 Å². The Kier molecular flexibility index (Phi) is 2.93. The molecule has 0 bridgehead atoms. The summed E-state index contributed by atoms with van der Waals surface area (Å²) in [6, 6.07) is 0. The van der Waals surface area contributed by atoms with Gasteiger partial charge >= 0.3 is 0 Å². The van der Waals surface area contributed by atoms with Crippen molar-refractivity contribution in [3.05, 3.63) is 11.8 Å². The Balaban J connectivity index is 2.54. The van der Waals surface area contributed by atoms with Crippen LogP contribution in [0, 0.1) is 0 Å². The van der Waals surface area contributed by atoms with Crippen molar-refractivity contribution >= 4 is 11.7 Å². The van der Waals surface area contributed by atoms with Gasteiger partial charge in [-0.1, -0.05) is 0 Å². The van der Waals surface area contributed by atoms with Gasteiger partial charge in [0.25, 0.3) is 0 Å². The summed E-state index contributed by atoms with van der Waals surface area (Å²) < 4.78 is 0. The topological polar surface area (TPSA) is 72.2 Å². The van der Waals surface area contributed by atoms with Crippen LogP contribution in [0.5, 0.6) is 0 Å². The quantitative estimate of drug-likeness (QED) is 0.686. The van der Waals surface area contributed by atoms with Crippen LogP contribution in [0.4, 0.5) is 0 Å². The van der Waals surface area contributed by atoms with E-state index in [2.05, 4.69) is 5.32 Å². The van der Waals surface area contributed by atoms with Crippen LogP contribution >= 0.6 is 0 Å². The van der Waals surface area contributed by atoms with Gasteiger partial charge in [0.15, 0.2) is 5.78 Å². The standard InChI is InChI=1S/C10H16N2O2/c1-10(2,6-9(11)14)12-7-3-4-8(13)5-7/h5,12H,3-4,6H2,1-2H3,(H2,11,14). The molecule has 0 unspecified atom stereocenters. The van der Waals surface area contributed by atoms with Crippen LogP contribution in [-0.4, -0.2) is 17.2 Å². The number of nitrogens with two attached hydrogens (primary N) is 1. The average Bonchev–Trinajstić information content (AvgIpc) is 2.30. The first-order chi connectivity index (χ1) is 6.39. The van der Waals surface area contributed by atoms with E-state index in [0.29, 0.717) is 6.42 Å². The second kappa shape index (κ2) is 3.82. The van der Waals surface area contributed by atoms with Gasteiger partial charge in [-0.25, -0.2) is 0 Å². The van der Waals surface area contributed by atoms with Crippen LogP contribution in [-0.2, 0) is 9.59 Å². The molecule has 78 valence electrons. The molecule has 0 aromatic rings. The summed E-state index contributed by atoms with van der Waals surface area (Å²) in [7, 11) is 0. The number of ketones is 1. The summed E-state index contributed by atoms with van der Waals surface area (Å²) >= 11 is 0. The number of nitrogens with one attached hydrogen (secondary N) is 1. The molecular weight excluding hydrogens is 180 g/mol. The monoisotopic (exact) mass is 196 g/mol. The Hall–Kier alpha value is -1.32. The minimum Gasteiger partial charge on any atom is -0.383 e. The predicted octanol–water partition coefficient (Wildman–Crippen LogP) is 0.477. The molecule has 0 spiro atoms. The van der Waals surface area contributed by atoms with Crippen molar-refractivity contribution < 1.29 is 9.59 Å². The zero-order chi connectivity index (χ0) is 10.8. The van der Waals surface area contributed by atoms with Gasteiger partial charge in [-0.3, -0.25) is 9.59 Å². The van der Waals surface area contributed by atoms with Gasteiger partial charge in [-0.15, -0.1) is 0 Å². The maximum atomic E-state index is 11.0. The van der Waals surface area contributed by atoms with Gasteiger partial charge < -0.3 is 11.1 Å². The smallest absolute Gasteiger partial charge is 0.219 e. The maximum absolute atomic E-state index is 11.0. The Morgan fingerprint density at radius 1 is 1.57 bits per heavy atom. The molecule has 14 heavy (non-hydrogen) atoms. The van der Waals surface area contributed by atoms with E-state index in [1.807, 2.05) is 13.8 Å². The number of primary amides is 1. The molecular formula is C10H16N2O2. The second-order valence-corrected chi connectivity index (χ2v) is 4.29. The SMILES string of the molecule is CC(C)(CC(N)=O)NC1=CC(=O)CC1. The summed E-state index contributed by atoms with van der Waals surface area (Å²) in [5.74, 6) is -0.199. The zero-order valence-electron chi connectivity index (χ0n) is 8.59. The van der Waals surface area contributed by atoms with Gasteiger partial charge in [0.2, 0.25) is 5.91 Å². The lowest BCUT2D eigenvalue weighted by atomic mass is 10.00. The van der Waals surface area contributed by atoms with Crippen LogP contribution < -0.4 is 11.1 Å². The Morgan fingerprint density at radius 3 is 2.64 bits per heavy atom. The van der Waals surface area contributed by atoms with E-state index in [-0.39, 0.29) is 23.7 Å². The molecule has 1 rings (SSSR count). The van der Waals surface area contributed by atoms with Crippen molar-refractivity contribution in [2.75, 3.05) is 0 Å². The fourth-order valence-electron chi connectivity index (χ4n) is 1.61. The lowest BCUT2D eigenvalue weighted by molar-refractivity contribution is -0.119. The van der Waals surface area contributed by atoms with E-state index in [1.165, 1.54) is 0 Å². The van der Waals surface area contributed by atoms with E-state index in [4.69, 9.17) is 5.73 Å².